The van der Waals surface area contributed by atoms with Gasteiger partial charge >= 0.3 is 5.97 Å². The smallest absolute Gasteiger partial charge is 0.306 e. The van der Waals surface area contributed by atoms with E-state index in [1.165, 1.54) is 11.1 Å². The fourth-order valence-electron chi connectivity index (χ4n) is 8.03. The number of ether oxygens (including phenoxy) is 1. The molecule has 31 heavy (non-hydrogen) atoms. The number of allylic oxidation sites excluding steroid dienone is 4. The quantitative estimate of drug-likeness (QED) is 0.549. The first-order valence-corrected chi connectivity index (χ1v) is 12.2. The van der Waals surface area contributed by atoms with E-state index in [0.717, 1.165) is 25.7 Å². The standard InChI is InChI=1S/C27H38O4/c1-7-8-24(30)31-27(18(4)28)12-10-21-20-13-16(2)23-15-19(29)14-17(3)26(23,6)22(20)9-11-25(21,27)5/h13,15,17,20-22H,7-12,14H2,1-6H3/t17-,20?,21?,22?,25-,26+,27?/m0/s1. The van der Waals surface area contributed by atoms with Gasteiger partial charge < -0.3 is 4.74 Å². The molecule has 170 valence electrons. The van der Waals surface area contributed by atoms with Crippen LogP contribution in [0.2, 0.25) is 0 Å². The first kappa shape index (κ1) is 22.5. The molecule has 0 bridgehead atoms. The summed E-state index contributed by atoms with van der Waals surface area (Å²) in [6.45, 7) is 12.5. The summed E-state index contributed by atoms with van der Waals surface area (Å²) in [5.74, 6) is 1.42. The van der Waals surface area contributed by atoms with Crippen molar-refractivity contribution in [3.63, 3.8) is 0 Å². The lowest BCUT2D eigenvalue weighted by atomic mass is 9.45. The lowest BCUT2D eigenvalue weighted by Crippen LogP contribution is -2.59. The van der Waals surface area contributed by atoms with Gasteiger partial charge in [-0.05, 0) is 86.7 Å². The summed E-state index contributed by atoms with van der Waals surface area (Å²) in [4.78, 5) is 37.9. The van der Waals surface area contributed by atoms with Crippen LogP contribution in [0.1, 0.15) is 86.5 Å². The Bertz CT molecular complexity index is 882. The third-order valence-corrected chi connectivity index (χ3v) is 9.82. The van der Waals surface area contributed by atoms with Crippen LogP contribution in [0.3, 0.4) is 0 Å². The van der Waals surface area contributed by atoms with Crippen molar-refractivity contribution < 1.29 is 19.1 Å². The van der Waals surface area contributed by atoms with Crippen LogP contribution in [0, 0.1) is 34.5 Å². The van der Waals surface area contributed by atoms with Gasteiger partial charge in [-0.1, -0.05) is 39.3 Å². The minimum Gasteiger partial charge on any atom is -0.450 e. The Morgan fingerprint density at radius 2 is 1.84 bits per heavy atom. The average Bonchev–Trinajstić information content (AvgIpc) is 2.98. The van der Waals surface area contributed by atoms with Crippen LogP contribution in [-0.2, 0) is 19.1 Å². The zero-order chi connectivity index (χ0) is 22.8. The third kappa shape index (κ3) is 2.96. The summed E-state index contributed by atoms with van der Waals surface area (Å²) >= 11 is 0. The highest BCUT2D eigenvalue weighted by atomic mass is 16.6. The van der Waals surface area contributed by atoms with Crippen molar-refractivity contribution in [3.8, 4) is 0 Å². The molecule has 0 heterocycles. The maximum Gasteiger partial charge on any atom is 0.306 e. The molecule has 0 aromatic rings. The van der Waals surface area contributed by atoms with Crippen LogP contribution in [0.4, 0.5) is 0 Å². The van der Waals surface area contributed by atoms with Gasteiger partial charge in [0.15, 0.2) is 17.2 Å². The SMILES string of the molecule is CCCC(=O)OC1(C(C)=O)CCC2C3C=C(C)C4=CC(=O)C[C@H](C)[C@]4(C)C3CC[C@@]21C. The third-order valence-electron chi connectivity index (χ3n) is 9.82. The Balaban J connectivity index is 1.76. The number of carbonyl (C=O) groups is 3. The maximum absolute atomic E-state index is 13.0. The van der Waals surface area contributed by atoms with Crippen molar-refractivity contribution in [1.29, 1.82) is 0 Å². The second kappa shape index (κ2) is 7.42. The number of Topliss-reactive ketones (excluding diaryl/α,β-unsaturated/α-hetero) is 1. The zero-order valence-electron chi connectivity index (χ0n) is 20.0. The van der Waals surface area contributed by atoms with Gasteiger partial charge in [-0.2, -0.15) is 0 Å². The lowest BCUT2D eigenvalue weighted by molar-refractivity contribution is -0.187. The molecule has 4 aliphatic rings. The van der Waals surface area contributed by atoms with Crippen molar-refractivity contribution >= 4 is 17.5 Å². The van der Waals surface area contributed by atoms with E-state index >= 15 is 0 Å². The second-order valence-electron chi connectivity index (χ2n) is 11.2. The monoisotopic (exact) mass is 426 g/mol. The maximum atomic E-state index is 13.0. The Hall–Kier alpha value is -1.71. The Morgan fingerprint density at radius 3 is 2.48 bits per heavy atom. The van der Waals surface area contributed by atoms with Gasteiger partial charge in [-0.25, -0.2) is 0 Å². The number of hydrogen-bond acceptors (Lipinski definition) is 4. The number of fused-ring (bicyclic) bond motifs is 5. The van der Waals surface area contributed by atoms with Crippen LogP contribution in [-0.4, -0.2) is 23.1 Å². The number of carbonyl (C=O) groups excluding carboxylic acids is 3. The van der Waals surface area contributed by atoms with Crippen molar-refractivity contribution in [2.75, 3.05) is 0 Å². The number of ketones is 2. The average molecular weight is 427 g/mol. The summed E-state index contributed by atoms with van der Waals surface area (Å²) in [5, 5.41) is 0. The normalized spacial score (nSPS) is 43.9. The molecule has 0 saturated heterocycles. The molecule has 2 saturated carbocycles. The molecule has 0 amide bonds. The van der Waals surface area contributed by atoms with Crippen LogP contribution in [0.25, 0.3) is 0 Å². The molecule has 0 spiro atoms. The molecule has 0 aromatic heterocycles. The highest BCUT2D eigenvalue weighted by molar-refractivity contribution is 5.93. The molecule has 4 rings (SSSR count). The van der Waals surface area contributed by atoms with Crippen molar-refractivity contribution in [1.82, 2.24) is 0 Å². The molecule has 4 unspecified atom stereocenters. The highest BCUT2D eigenvalue weighted by Gasteiger charge is 2.68. The predicted octanol–water partition coefficient (Wildman–Crippen LogP) is 5.60. The summed E-state index contributed by atoms with van der Waals surface area (Å²) in [5.41, 5.74) is 1.09. The summed E-state index contributed by atoms with van der Waals surface area (Å²) in [7, 11) is 0. The molecular weight excluding hydrogens is 388 g/mol. The van der Waals surface area contributed by atoms with Gasteiger partial charge in [0.1, 0.15) is 0 Å². The lowest BCUT2D eigenvalue weighted by Gasteiger charge is -2.59. The van der Waals surface area contributed by atoms with Gasteiger partial charge in [-0.3, -0.25) is 14.4 Å². The van der Waals surface area contributed by atoms with Gasteiger partial charge in [0.2, 0.25) is 0 Å². The summed E-state index contributed by atoms with van der Waals surface area (Å²) in [6.07, 6.45) is 9.40. The number of esters is 1. The largest absolute Gasteiger partial charge is 0.450 e. The molecule has 2 fully saturated rings. The molecule has 0 aliphatic heterocycles. The van der Waals surface area contributed by atoms with Gasteiger partial charge in [-0.15, -0.1) is 0 Å². The Kier molecular flexibility index (Phi) is 5.38. The van der Waals surface area contributed by atoms with Crippen LogP contribution in [0.15, 0.2) is 23.3 Å². The summed E-state index contributed by atoms with van der Waals surface area (Å²) in [6, 6.07) is 0. The Labute approximate surface area is 186 Å². The highest BCUT2D eigenvalue weighted by Crippen LogP contribution is 2.68. The van der Waals surface area contributed by atoms with E-state index in [1.807, 2.05) is 13.0 Å². The molecule has 4 heteroatoms. The van der Waals surface area contributed by atoms with Crippen molar-refractivity contribution in [3.05, 3.63) is 23.3 Å². The molecule has 0 N–H and O–H groups in total. The van der Waals surface area contributed by atoms with E-state index < -0.39 is 5.60 Å². The van der Waals surface area contributed by atoms with E-state index in [-0.39, 0.29) is 28.4 Å². The first-order valence-electron chi connectivity index (χ1n) is 12.2. The predicted molar refractivity (Wildman–Crippen MR) is 120 cm³/mol. The molecule has 4 nitrogen and oxygen atoms in total. The van der Waals surface area contributed by atoms with Crippen LogP contribution in [0.5, 0.6) is 0 Å². The second-order valence-corrected chi connectivity index (χ2v) is 11.2. The molecule has 0 aromatic carbocycles. The van der Waals surface area contributed by atoms with Gasteiger partial charge in [0.25, 0.3) is 0 Å². The van der Waals surface area contributed by atoms with Gasteiger partial charge in [0.05, 0.1) is 0 Å². The van der Waals surface area contributed by atoms with Crippen LogP contribution >= 0.6 is 0 Å². The number of rotatable bonds is 4. The molecule has 0 radical (unpaired) electrons. The fourth-order valence-corrected chi connectivity index (χ4v) is 8.03. The van der Waals surface area contributed by atoms with Crippen molar-refractivity contribution in [2.45, 2.75) is 92.1 Å². The van der Waals surface area contributed by atoms with Crippen LogP contribution < -0.4 is 0 Å². The molecular formula is C27H38O4. The van der Waals surface area contributed by atoms with E-state index in [4.69, 9.17) is 4.74 Å². The topological polar surface area (TPSA) is 60.4 Å². The van der Waals surface area contributed by atoms with E-state index in [1.54, 1.807) is 6.92 Å². The minimum atomic E-state index is -0.998. The molecule has 7 atom stereocenters. The molecule has 4 aliphatic carbocycles. The number of hydrogen-bond donors (Lipinski definition) is 0. The van der Waals surface area contributed by atoms with E-state index in [9.17, 15) is 14.4 Å². The van der Waals surface area contributed by atoms with Gasteiger partial charge in [0, 0.05) is 18.3 Å². The Morgan fingerprint density at radius 1 is 1.16 bits per heavy atom. The van der Waals surface area contributed by atoms with E-state index in [0.29, 0.717) is 42.9 Å². The van der Waals surface area contributed by atoms with E-state index in [2.05, 4.69) is 33.8 Å². The minimum absolute atomic E-state index is 0.000316. The first-order chi connectivity index (χ1) is 14.5. The summed E-state index contributed by atoms with van der Waals surface area (Å²) < 4.78 is 6.08. The fraction of sp³-hybridized carbons (Fsp3) is 0.741. The zero-order valence-corrected chi connectivity index (χ0v) is 20.0. The van der Waals surface area contributed by atoms with Crippen molar-refractivity contribution in [2.24, 2.45) is 34.5 Å².